The molecule has 0 aliphatic carbocycles. The third kappa shape index (κ3) is 4.33. The summed E-state index contributed by atoms with van der Waals surface area (Å²) in [5.74, 6) is 0.454. The van der Waals surface area contributed by atoms with E-state index in [1.807, 2.05) is 20.0 Å². The molecule has 0 saturated carbocycles. The van der Waals surface area contributed by atoms with Gasteiger partial charge < -0.3 is 9.47 Å². The number of aromatic nitrogens is 4. The van der Waals surface area contributed by atoms with Crippen LogP contribution in [-0.4, -0.2) is 33.2 Å². The van der Waals surface area contributed by atoms with Crippen LogP contribution in [0.15, 0.2) is 11.6 Å². The zero-order valence-corrected chi connectivity index (χ0v) is 13.8. The molecule has 0 saturated heterocycles. The summed E-state index contributed by atoms with van der Waals surface area (Å²) in [5, 5.41) is 11.5. The van der Waals surface area contributed by atoms with Crippen LogP contribution in [-0.2, 0) is 16.0 Å². The van der Waals surface area contributed by atoms with Gasteiger partial charge in [0.05, 0.1) is 23.4 Å². The standard InChI is InChI=1S/C14H22N4O2S/c1-5-19-14(20-6-2)12-8-18(17-16-12)7-11-9-21-13(15-11)10(3)4/h8-10,14H,5-7H2,1-4H3. The fourth-order valence-corrected chi connectivity index (χ4v) is 2.67. The van der Waals surface area contributed by atoms with Gasteiger partial charge in [-0.25, -0.2) is 9.67 Å². The summed E-state index contributed by atoms with van der Waals surface area (Å²) < 4.78 is 12.8. The van der Waals surface area contributed by atoms with Gasteiger partial charge in [-0.15, -0.1) is 16.4 Å². The van der Waals surface area contributed by atoms with Gasteiger partial charge in [0.2, 0.25) is 6.29 Å². The quantitative estimate of drug-likeness (QED) is 0.701. The molecule has 0 aliphatic rings. The van der Waals surface area contributed by atoms with Crippen LogP contribution in [0.5, 0.6) is 0 Å². The monoisotopic (exact) mass is 310 g/mol. The topological polar surface area (TPSA) is 62.1 Å². The van der Waals surface area contributed by atoms with E-state index in [-0.39, 0.29) is 0 Å². The SMILES string of the molecule is CCOC(OCC)c1cn(Cc2csc(C(C)C)n2)nn1. The lowest BCUT2D eigenvalue weighted by molar-refractivity contribution is -0.142. The van der Waals surface area contributed by atoms with Gasteiger partial charge in [-0.1, -0.05) is 19.1 Å². The third-order valence-corrected chi connectivity index (χ3v) is 4.02. The van der Waals surface area contributed by atoms with Crippen LogP contribution in [0.1, 0.15) is 56.3 Å². The van der Waals surface area contributed by atoms with E-state index in [4.69, 9.17) is 9.47 Å². The van der Waals surface area contributed by atoms with Crippen LogP contribution in [0.4, 0.5) is 0 Å². The molecular weight excluding hydrogens is 288 g/mol. The highest BCUT2D eigenvalue weighted by Crippen LogP contribution is 2.20. The van der Waals surface area contributed by atoms with Gasteiger partial charge in [0, 0.05) is 24.5 Å². The van der Waals surface area contributed by atoms with Gasteiger partial charge in [-0.3, -0.25) is 0 Å². The van der Waals surface area contributed by atoms with Crippen LogP contribution >= 0.6 is 11.3 Å². The number of nitrogens with zero attached hydrogens (tertiary/aromatic N) is 4. The Kier molecular flexibility index (Phi) is 5.84. The number of thiazole rings is 1. The Bertz CT molecular complexity index is 547. The average Bonchev–Trinajstić information content (AvgIpc) is 3.08. The van der Waals surface area contributed by atoms with Crippen molar-refractivity contribution in [3.8, 4) is 0 Å². The van der Waals surface area contributed by atoms with Crippen LogP contribution in [0.25, 0.3) is 0 Å². The molecular formula is C14H22N4O2S. The molecule has 0 fully saturated rings. The van der Waals surface area contributed by atoms with E-state index in [0.717, 1.165) is 10.7 Å². The molecule has 0 amide bonds. The van der Waals surface area contributed by atoms with Crippen molar-refractivity contribution < 1.29 is 9.47 Å². The van der Waals surface area contributed by atoms with Gasteiger partial charge in [-0.05, 0) is 13.8 Å². The largest absolute Gasteiger partial charge is 0.347 e. The van der Waals surface area contributed by atoms with Crippen molar-refractivity contribution in [2.45, 2.75) is 46.4 Å². The van der Waals surface area contributed by atoms with Gasteiger partial charge >= 0.3 is 0 Å². The first kappa shape index (κ1) is 16.1. The van der Waals surface area contributed by atoms with E-state index >= 15 is 0 Å². The maximum atomic E-state index is 5.52. The fraction of sp³-hybridized carbons (Fsp3) is 0.643. The molecule has 21 heavy (non-hydrogen) atoms. The van der Waals surface area contributed by atoms with Gasteiger partial charge in [0.15, 0.2) is 0 Å². The summed E-state index contributed by atoms with van der Waals surface area (Å²) in [6, 6.07) is 0. The van der Waals surface area contributed by atoms with Gasteiger partial charge in [0.25, 0.3) is 0 Å². The zero-order valence-electron chi connectivity index (χ0n) is 12.9. The van der Waals surface area contributed by atoms with Crippen LogP contribution in [0, 0.1) is 0 Å². The summed E-state index contributed by atoms with van der Waals surface area (Å²) in [6.07, 6.45) is 1.40. The first-order valence-electron chi connectivity index (χ1n) is 7.21. The highest BCUT2D eigenvalue weighted by molar-refractivity contribution is 7.09. The molecule has 0 spiro atoms. The van der Waals surface area contributed by atoms with E-state index in [0.29, 0.717) is 31.4 Å². The van der Waals surface area contributed by atoms with Crippen LogP contribution in [0.3, 0.4) is 0 Å². The molecule has 0 radical (unpaired) electrons. The molecule has 2 aromatic heterocycles. The third-order valence-electron chi connectivity index (χ3n) is 2.82. The van der Waals surface area contributed by atoms with Crippen molar-refractivity contribution in [2.24, 2.45) is 0 Å². The summed E-state index contributed by atoms with van der Waals surface area (Å²) in [5.41, 5.74) is 1.70. The number of rotatable bonds is 8. The summed E-state index contributed by atoms with van der Waals surface area (Å²) in [4.78, 5) is 4.60. The lowest BCUT2D eigenvalue weighted by Crippen LogP contribution is -2.09. The molecule has 0 atom stereocenters. The second-order valence-electron chi connectivity index (χ2n) is 4.92. The van der Waals surface area contributed by atoms with Crippen molar-refractivity contribution in [1.29, 1.82) is 0 Å². The molecule has 0 aromatic carbocycles. The highest BCUT2D eigenvalue weighted by Gasteiger charge is 2.16. The fourth-order valence-electron chi connectivity index (χ4n) is 1.85. The molecule has 0 N–H and O–H groups in total. The lowest BCUT2D eigenvalue weighted by Gasteiger charge is -2.13. The molecule has 2 aromatic rings. The minimum Gasteiger partial charge on any atom is -0.347 e. The van der Waals surface area contributed by atoms with E-state index in [1.54, 1.807) is 16.0 Å². The molecule has 2 rings (SSSR count). The Morgan fingerprint density at radius 3 is 2.52 bits per heavy atom. The molecule has 116 valence electrons. The van der Waals surface area contributed by atoms with Crippen molar-refractivity contribution in [3.05, 3.63) is 28.0 Å². The molecule has 0 bridgehead atoms. The molecule has 0 unspecified atom stereocenters. The normalized spacial score (nSPS) is 11.7. The van der Waals surface area contributed by atoms with E-state index in [9.17, 15) is 0 Å². The smallest absolute Gasteiger partial charge is 0.204 e. The van der Waals surface area contributed by atoms with Gasteiger partial charge in [-0.2, -0.15) is 0 Å². The van der Waals surface area contributed by atoms with Crippen LogP contribution < -0.4 is 0 Å². The Balaban J connectivity index is 2.04. The van der Waals surface area contributed by atoms with E-state index in [1.165, 1.54) is 0 Å². The van der Waals surface area contributed by atoms with Crippen molar-refractivity contribution in [3.63, 3.8) is 0 Å². The van der Waals surface area contributed by atoms with Crippen molar-refractivity contribution in [2.75, 3.05) is 13.2 Å². The molecule has 7 heteroatoms. The Morgan fingerprint density at radius 1 is 1.24 bits per heavy atom. The van der Waals surface area contributed by atoms with E-state index in [2.05, 4.69) is 34.5 Å². The maximum absolute atomic E-state index is 5.52. The van der Waals surface area contributed by atoms with Crippen molar-refractivity contribution >= 4 is 11.3 Å². The molecule has 6 nitrogen and oxygen atoms in total. The number of hydrogen-bond acceptors (Lipinski definition) is 6. The van der Waals surface area contributed by atoms with E-state index < -0.39 is 6.29 Å². The highest BCUT2D eigenvalue weighted by atomic mass is 32.1. The van der Waals surface area contributed by atoms with Crippen LogP contribution in [0.2, 0.25) is 0 Å². The first-order valence-corrected chi connectivity index (χ1v) is 8.09. The van der Waals surface area contributed by atoms with Crippen molar-refractivity contribution in [1.82, 2.24) is 20.0 Å². The average molecular weight is 310 g/mol. The zero-order chi connectivity index (χ0) is 15.2. The van der Waals surface area contributed by atoms with Gasteiger partial charge in [0.1, 0.15) is 5.69 Å². The summed E-state index contributed by atoms with van der Waals surface area (Å²) >= 11 is 1.68. The lowest BCUT2D eigenvalue weighted by atomic mass is 10.2. The molecule has 0 aliphatic heterocycles. The maximum Gasteiger partial charge on any atom is 0.204 e. The second kappa shape index (κ2) is 7.63. The minimum atomic E-state index is -0.449. The molecule has 2 heterocycles. The number of ether oxygens (including phenoxy) is 2. The Hall–Kier alpha value is -1.31. The second-order valence-corrected chi connectivity index (χ2v) is 5.81. The summed E-state index contributed by atoms with van der Waals surface area (Å²) in [6.45, 7) is 9.90. The predicted molar refractivity (Wildman–Crippen MR) is 81.3 cm³/mol. The minimum absolute atomic E-state index is 0.449. The number of hydrogen-bond donors (Lipinski definition) is 0. The first-order chi connectivity index (χ1) is 10.1. The predicted octanol–water partition coefficient (Wildman–Crippen LogP) is 2.98. The Labute approximate surface area is 129 Å². The Morgan fingerprint density at radius 2 is 1.95 bits per heavy atom. The summed E-state index contributed by atoms with van der Waals surface area (Å²) in [7, 11) is 0.